The van der Waals surface area contributed by atoms with E-state index in [4.69, 9.17) is 5.11 Å². The van der Waals surface area contributed by atoms with Crippen LogP contribution >= 0.6 is 11.3 Å². The molecular weight excluding hydrogens is 264 g/mol. The van der Waals surface area contributed by atoms with Gasteiger partial charge in [-0.3, -0.25) is 4.79 Å². The van der Waals surface area contributed by atoms with Gasteiger partial charge in [0, 0.05) is 18.0 Å². The van der Waals surface area contributed by atoms with Crippen LogP contribution in [0.3, 0.4) is 0 Å². The van der Waals surface area contributed by atoms with Gasteiger partial charge in [0.05, 0.1) is 10.7 Å². The van der Waals surface area contributed by atoms with Crippen molar-refractivity contribution in [1.82, 2.24) is 9.88 Å². The molecule has 0 aromatic carbocycles. The molecular formula is C13H16N2O3S. The Bertz CT molecular complexity index is 510. The largest absolute Gasteiger partial charge is 0.480 e. The fourth-order valence-corrected chi connectivity index (χ4v) is 2.74. The highest BCUT2D eigenvalue weighted by molar-refractivity contribution is 7.09. The zero-order valence-corrected chi connectivity index (χ0v) is 11.5. The molecule has 5 nitrogen and oxygen atoms in total. The Kier molecular flexibility index (Phi) is 4.31. The van der Waals surface area contributed by atoms with E-state index in [2.05, 4.69) is 4.98 Å². The normalized spacial score (nSPS) is 19.8. The molecule has 0 radical (unpaired) electrons. The molecule has 0 unspecified atom stereocenters. The van der Waals surface area contributed by atoms with Crippen LogP contribution in [-0.2, 0) is 9.59 Å². The predicted molar refractivity (Wildman–Crippen MR) is 72.9 cm³/mol. The van der Waals surface area contributed by atoms with E-state index in [1.54, 1.807) is 6.08 Å². The lowest BCUT2D eigenvalue weighted by molar-refractivity contribution is -0.150. The van der Waals surface area contributed by atoms with Gasteiger partial charge in [-0.1, -0.05) is 0 Å². The van der Waals surface area contributed by atoms with Crippen LogP contribution in [-0.4, -0.2) is 39.5 Å². The first-order valence-electron chi connectivity index (χ1n) is 6.21. The Balaban J connectivity index is 2.05. The van der Waals surface area contributed by atoms with Crippen molar-refractivity contribution in [3.8, 4) is 0 Å². The zero-order chi connectivity index (χ0) is 13.8. The summed E-state index contributed by atoms with van der Waals surface area (Å²) in [5, 5.41) is 11.9. The number of nitrogens with zero attached hydrogens (tertiary/aromatic N) is 2. The maximum Gasteiger partial charge on any atom is 0.326 e. The van der Waals surface area contributed by atoms with E-state index in [9.17, 15) is 9.59 Å². The van der Waals surface area contributed by atoms with Crippen molar-refractivity contribution >= 4 is 29.3 Å². The molecule has 0 spiro atoms. The lowest BCUT2D eigenvalue weighted by atomic mass is 10.0. The van der Waals surface area contributed by atoms with Crippen molar-refractivity contribution in [2.75, 3.05) is 6.54 Å². The Hall–Kier alpha value is -1.69. The molecule has 6 heteroatoms. The van der Waals surface area contributed by atoms with E-state index in [0.29, 0.717) is 13.0 Å². The summed E-state index contributed by atoms with van der Waals surface area (Å²) in [6, 6.07) is -0.692. The zero-order valence-electron chi connectivity index (χ0n) is 10.7. The fraction of sp³-hybridized carbons (Fsp3) is 0.462. The number of piperidine rings is 1. The topological polar surface area (TPSA) is 70.5 Å². The number of aromatic nitrogens is 1. The Morgan fingerprint density at radius 2 is 2.32 bits per heavy atom. The molecule has 1 fully saturated rings. The van der Waals surface area contributed by atoms with E-state index >= 15 is 0 Å². The first kappa shape index (κ1) is 13.7. The number of likely N-dealkylation sites (tertiary alicyclic amines) is 1. The van der Waals surface area contributed by atoms with Crippen molar-refractivity contribution in [3.63, 3.8) is 0 Å². The molecule has 2 rings (SSSR count). The number of carbonyl (C=O) groups is 2. The number of carboxylic acids is 1. The van der Waals surface area contributed by atoms with Gasteiger partial charge >= 0.3 is 5.97 Å². The third kappa shape index (κ3) is 3.41. The van der Waals surface area contributed by atoms with Crippen LogP contribution in [0.2, 0.25) is 0 Å². The van der Waals surface area contributed by atoms with Crippen LogP contribution in [0.4, 0.5) is 0 Å². The van der Waals surface area contributed by atoms with Crippen LogP contribution in [0.15, 0.2) is 11.5 Å². The molecule has 1 aromatic heterocycles. The van der Waals surface area contributed by atoms with Crippen molar-refractivity contribution in [2.24, 2.45) is 0 Å². The average Bonchev–Trinajstić information content (AvgIpc) is 2.81. The highest BCUT2D eigenvalue weighted by Crippen LogP contribution is 2.18. The number of aryl methyl sites for hydroxylation is 1. The summed E-state index contributed by atoms with van der Waals surface area (Å²) in [7, 11) is 0. The second-order valence-electron chi connectivity index (χ2n) is 4.51. The third-order valence-corrected chi connectivity index (χ3v) is 3.90. The number of amides is 1. The van der Waals surface area contributed by atoms with Crippen molar-refractivity contribution in [2.45, 2.75) is 32.2 Å². The molecule has 1 amide bonds. The van der Waals surface area contributed by atoms with Gasteiger partial charge in [-0.25, -0.2) is 9.78 Å². The number of carboxylic acid groups (broad SMARTS) is 1. The summed E-state index contributed by atoms with van der Waals surface area (Å²) >= 11 is 1.52. The van der Waals surface area contributed by atoms with Crippen LogP contribution in [0.5, 0.6) is 0 Å². The molecule has 19 heavy (non-hydrogen) atoms. The van der Waals surface area contributed by atoms with Gasteiger partial charge in [0.1, 0.15) is 6.04 Å². The summed E-state index contributed by atoms with van der Waals surface area (Å²) in [6.45, 7) is 2.41. The molecule has 1 atom stereocenters. The first-order valence-corrected chi connectivity index (χ1v) is 7.09. The molecule has 0 aliphatic carbocycles. The second kappa shape index (κ2) is 5.97. The van der Waals surface area contributed by atoms with Gasteiger partial charge in [-0.15, -0.1) is 11.3 Å². The summed E-state index contributed by atoms with van der Waals surface area (Å²) in [5.74, 6) is -1.18. The average molecular weight is 280 g/mol. The van der Waals surface area contributed by atoms with Crippen LogP contribution in [0, 0.1) is 6.92 Å². The number of rotatable bonds is 3. The molecule has 0 saturated carbocycles. The number of thiazole rings is 1. The molecule has 1 aliphatic heterocycles. The Morgan fingerprint density at radius 1 is 1.53 bits per heavy atom. The maximum absolute atomic E-state index is 12.0. The van der Waals surface area contributed by atoms with Crippen LogP contribution in [0.25, 0.3) is 6.08 Å². The number of hydrogen-bond acceptors (Lipinski definition) is 4. The minimum Gasteiger partial charge on any atom is -0.480 e. The molecule has 1 aliphatic rings. The van der Waals surface area contributed by atoms with E-state index < -0.39 is 12.0 Å². The van der Waals surface area contributed by atoms with Gasteiger partial charge in [0.2, 0.25) is 5.91 Å². The van der Waals surface area contributed by atoms with Gasteiger partial charge in [0.15, 0.2) is 0 Å². The molecule has 2 heterocycles. The van der Waals surface area contributed by atoms with E-state index in [1.807, 2.05) is 12.3 Å². The number of carbonyl (C=O) groups excluding carboxylic acids is 1. The maximum atomic E-state index is 12.0. The quantitative estimate of drug-likeness (QED) is 0.859. The standard InChI is InChI=1S/C13H16N2O3S/c1-9-14-10(8-19-9)5-6-12(16)15-7-3-2-4-11(15)13(17)18/h5-6,8,11H,2-4,7H2,1H3,(H,17,18)/t11-/m1/s1. The van der Waals surface area contributed by atoms with Gasteiger partial charge < -0.3 is 10.0 Å². The lowest BCUT2D eigenvalue weighted by Gasteiger charge is -2.32. The summed E-state index contributed by atoms with van der Waals surface area (Å²) < 4.78 is 0. The van der Waals surface area contributed by atoms with E-state index in [-0.39, 0.29) is 5.91 Å². The number of hydrogen-bond donors (Lipinski definition) is 1. The molecule has 102 valence electrons. The lowest BCUT2D eigenvalue weighted by Crippen LogP contribution is -2.47. The highest BCUT2D eigenvalue weighted by Gasteiger charge is 2.30. The summed E-state index contributed by atoms with van der Waals surface area (Å²) in [4.78, 5) is 28.8. The van der Waals surface area contributed by atoms with Gasteiger partial charge in [0.25, 0.3) is 0 Å². The van der Waals surface area contributed by atoms with Crippen LogP contribution < -0.4 is 0 Å². The highest BCUT2D eigenvalue weighted by atomic mass is 32.1. The number of aliphatic carboxylic acids is 1. The third-order valence-electron chi connectivity index (χ3n) is 3.10. The SMILES string of the molecule is Cc1nc(C=CC(=O)N2CCCC[C@@H]2C(=O)O)cs1. The van der Waals surface area contributed by atoms with Crippen molar-refractivity contribution < 1.29 is 14.7 Å². The predicted octanol–water partition coefficient (Wildman–Crippen LogP) is 1.93. The summed E-state index contributed by atoms with van der Waals surface area (Å²) in [6.07, 6.45) is 5.30. The molecule has 0 bridgehead atoms. The Morgan fingerprint density at radius 3 is 2.95 bits per heavy atom. The molecule has 1 saturated heterocycles. The van der Waals surface area contributed by atoms with E-state index in [0.717, 1.165) is 23.5 Å². The first-order chi connectivity index (χ1) is 9.08. The second-order valence-corrected chi connectivity index (χ2v) is 5.57. The summed E-state index contributed by atoms with van der Waals surface area (Å²) in [5.41, 5.74) is 0.736. The fourth-order valence-electron chi connectivity index (χ4n) is 2.16. The van der Waals surface area contributed by atoms with Crippen molar-refractivity contribution in [3.05, 3.63) is 22.2 Å². The van der Waals surface area contributed by atoms with E-state index in [1.165, 1.54) is 22.3 Å². The minimum atomic E-state index is -0.925. The molecule has 1 N–H and O–H groups in total. The van der Waals surface area contributed by atoms with Crippen molar-refractivity contribution in [1.29, 1.82) is 0 Å². The minimum absolute atomic E-state index is 0.252. The van der Waals surface area contributed by atoms with Crippen LogP contribution in [0.1, 0.15) is 30.0 Å². The Labute approximate surface area is 115 Å². The molecule has 1 aromatic rings. The van der Waals surface area contributed by atoms with Gasteiger partial charge in [-0.2, -0.15) is 0 Å². The van der Waals surface area contributed by atoms with Gasteiger partial charge in [-0.05, 0) is 32.3 Å². The smallest absolute Gasteiger partial charge is 0.326 e. The monoisotopic (exact) mass is 280 g/mol.